The fraction of sp³-hybridized carbons (Fsp3) is 0.538. The molecule has 2 atom stereocenters. The van der Waals surface area contributed by atoms with Gasteiger partial charge in [-0.15, -0.1) is 0 Å². The summed E-state index contributed by atoms with van der Waals surface area (Å²) in [6.45, 7) is 11.6. The van der Waals surface area contributed by atoms with E-state index >= 15 is 0 Å². The number of aromatic nitrogens is 1. The minimum Gasteiger partial charge on any atom is -0.343 e. The zero-order valence-corrected chi connectivity index (χ0v) is 19.4. The number of carbonyl (C=O) groups excluding carboxylic acids is 2. The summed E-state index contributed by atoms with van der Waals surface area (Å²) >= 11 is 0. The molecule has 1 aliphatic heterocycles. The van der Waals surface area contributed by atoms with Crippen LogP contribution in [-0.4, -0.2) is 58.4 Å². The summed E-state index contributed by atoms with van der Waals surface area (Å²) in [5.41, 5.74) is 4.73. The van der Waals surface area contributed by atoms with Crippen LogP contribution in [0.5, 0.6) is 0 Å². The molecule has 5 heteroatoms. The number of hydrogen-bond acceptors (Lipinski definition) is 3. The zero-order valence-electron chi connectivity index (χ0n) is 19.4. The minimum atomic E-state index is -0.113. The van der Waals surface area contributed by atoms with Gasteiger partial charge in [0.25, 0.3) is 0 Å². The maximum Gasteiger partial charge on any atom is 0.231 e. The topological polar surface area (TPSA) is 45.6 Å². The third-order valence-electron chi connectivity index (χ3n) is 6.88. The van der Waals surface area contributed by atoms with Gasteiger partial charge in [0.1, 0.15) is 0 Å². The van der Waals surface area contributed by atoms with E-state index in [0.29, 0.717) is 6.42 Å². The van der Waals surface area contributed by atoms with Crippen molar-refractivity contribution in [3.05, 3.63) is 41.6 Å². The molecule has 0 N–H and O–H groups in total. The first-order valence-corrected chi connectivity index (χ1v) is 11.9. The van der Waals surface area contributed by atoms with Crippen LogP contribution in [0.2, 0.25) is 0 Å². The van der Waals surface area contributed by atoms with Crippen LogP contribution in [0.25, 0.3) is 16.5 Å². The average molecular weight is 422 g/mol. The number of hydrogen-bond donors (Lipinski definition) is 0. The Balaban J connectivity index is 1.83. The molecule has 31 heavy (non-hydrogen) atoms. The Morgan fingerprint density at radius 2 is 1.87 bits per heavy atom. The molecular formula is C26H35N3O2. The number of rotatable bonds is 7. The first kappa shape index (κ1) is 21.8. The van der Waals surface area contributed by atoms with Crippen LogP contribution in [0.4, 0.5) is 0 Å². The van der Waals surface area contributed by atoms with E-state index in [2.05, 4.69) is 42.3 Å². The summed E-state index contributed by atoms with van der Waals surface area (Å²) < 4.78 is 1.86. The quantitative estimate of drug-likeness (QED) is 0.656. The Hall–Kier alpha value is -2.40. The van der Waals surface area contributed by atoms with E-state index < -0.39 is 0 Å². The Morgan fingerprint density at radius 1 is 1.10 bits per heavy atom. The second-order valence-corrected chi connectivity index (χ2v) is 8.82. The maximum atomic E-state index is 13.2. The van der Waals surface area contributed by atoms with Crippen molar-refractivity contribution in [3.63, 3.8) is 0 Å². The third kappa shape index (κ3) is 3.73. The van der Waals surface area contributed by atoms with Gasteiger partial charge in [-0.25, -0.2) is 0 Å². The van der Waals surface area contributed by atoms with Gasteiger partial charge in [-0.1, -0.05) is 32.1 Å². The Morgan fingerprint density at radius 3 is 2.55 bits per heavy atom. The summed E-state index contributed by atoms with van der Waals surface area (Å²) in [6.07, 6.45) is 7.67. The lowest BCUT2D eigenvalue weighted by Crippen LogP contribution is -2.49. The molecule has 1 amide bonds. The summed E-state index contributed by atoms with van der Waals surface area (Å²) in [7, 11) is 0. The van der Waals surface area contributed by atoms with Gasteiger partial charge in [-0.05, 0) is 62.4 Å². The highest BCUT2D eigenvalue weighted by atomic mass is 16.2. The van der Waals surface area contributed by atoms with Crippen LogP contribution in [0.15, 0.2) is 30.5 Å². The lowest BCUT2D eigenvalue weighted by atomic mass is 9.79. The maximum absolute atomic E-state index is 13.2. The van der Waals surface area contributed by atoms with Crippen LogP contribution >= 0.6 is 0 Å². The molecule has 2 heterocycles. The van der Waals surface area contributed by atoms with E-state index in [1.807, 2.05) is 30.2 Å². The Kier molecular flexibility index (Phi) is 6.33. The molecule has 0 saturated carbocycles. The predicted molar refractivity (Wildman–Crippen MR) is 126 cm³/mol. The first-order chi connectivity index (χ1) is 15.0. The van der Waals surface area contributed by atoms with Gasteiger partial charge in [0.05, 0.1) is 11.4 Å². The van der Waals surface area contributed by atoms with E-state index in [-0.39, 0.29) is 23.8 Å². The lowest BCUT2D eigenvalue weighted by Gasteiger charge is -2.42. The van der Waals surface area contributed by atoms with E-state index in [1.165, 1.54) is 22.1 Å². The molecule has 0 saturated heterocycles. The molecule has 2 aromatic rings. The molecule has 1 aromatic heterocycles. The zero-order chi connectivity index (χ0) is 22.1. The van der Waals surface area contributed by atoms with Gasteiger partial charge in [-0.3, -0.25) is 19.1 Å². The molecule has 0 bridgehead atoms. The fourth-order valence-corrected chi connectivity index (χ4v) is 5.43. The second kappa shape index (κ2) is 8.99. The lowest BCUT2D eigenvalue weighted by molar-refractivity contribution is -0.134. The number of fused-ring (bicyclic) bond motifs is 2. The minimum absolute atomic E-state index is 0.113. The largest absolute Gasteiger partial charge is 0.343 e. The molecule has 0 fully saturated rings. The molecule has 5 nitrogen and oxygen atoms in total. The smallest absolute Gasteiger partial charge is 0.231 e. The van der Waals surface area contributed by atoms with Crippen molar-refractivity contribution in [3.8, 4) is 0 Å². The van der Waals surface area contributed by atoms with E-state index in [0.717, 1.165) is 51.0 Å². The number of carbonyl (C=O) groups is 2. The highest BCUT2D eigenvalue weighted by molar-refractivity contribution is 6.03. The van der Waals surface area contributed by atoms with Crippen molar-refractivity contribution < 1.29 is 9.59 Å². The van der Waals surface area contributed by atoms with Crippen LogP contribution in [0, 0.1) is 5.92 Å². The Bertz CT molecular complexity index is 1020. The van der Waals surface area contributed by atoms with Gasteiger partial charge in [0.2, 0.25) is 11.8 Å². The molecule has 166 valence electrons. The standard InChI is InChI=1S/C26H35N3O2/c1-5-10-24(30)29-17-18-15-23-21(20-11-9-12-22(29)25(18)20)14-19(16-28(23)13-6-2)26(31)27(7-3)8-4/h9,11-12,14,17,19,23H,5-8,10,13,15-16H2,1-4H3. The van der Waals surface area contributed by atoms with E-state index in [9.17, 15) is 9.59 Å². The summed E-state index contributed by atoms with van der Waals surface area (Å²) in [6, 6.07) is 6.56. The van der Waals surface area contributed by atoms with Crippen molar-refractivity contribution in [2.45, 2.75) is 59.4 Å². The average Bonchev–Trinajstić information content (AvgIpc) is 3.15. The Labute approximate surface area is 185 Å². The van der Waals surface area contributed by atoms with Crippen molar-refractivity contribution in [1.29, 1.82) is 0 Å². The molecule has 1 aliphatic carbocycles. The van der Waals surface area contributed by atoms with E-state index in [1.54, 1.807) is 0 Å². The van der Waals surface area contributed by atoms with Crippen LogP contribution < -0.4 is 0 Å². The molecule has 4 rings (SSSR count). The van der Waals surface area contributed by atoms with Crippen molar-refractivity contribution in [2.24, 2.45) is 5.92 Å². The number of amides is 1. The summed E-state index contributed by atoms with van der Waals surface area (Å²) in [5.74, 6) is 0.277. The molecule has 2 unspecified atom stereocenters. The molecule has 0 radical (unpaired) electrons. The van der Waals surface area contributed by atoms with Gasteiger partial charge in [-0.2, -0.15) is 0 Å². The van der Waals surface area contributed by atoms with Crippen molar-refractivity contribution in [1.82, 2.24) is 14.4 Å². The predicted octanol–water partition coefficient (Wildman–Crippen LogP) is 4.60. The van der Waals surface area contributed by atoms with Gasteiger partial charge >= 0.3 is 0 Å². The highest BCUT2D eigenvalue weighted by Crippen LogP contribution is 2.42. The highest BCUT2D eigenvalue weighted by Gasteiger charge is 2.38. The normalized spacial score (nSPS) is 20.5. The fourth-order valence-electron chi connectivity index (χ4n) is 5.43. The molecule has 2 aliphatic rings. The van der Waals surface area contributed by atoms with Crippen molar-refractivity contribution >= 4 is 28.3 Å². The van der Waals surface area contributed by atoms with Gasteiger partial charge < -0.3 is 4.90 Å². The van der Waals surface area contributed by atoms with E-state index in [4.69, 9.17) is 0 Å². The third-order valence-corrected chi connectivity index (χ3v) is 6.88. The van der Waals surface area contributed by atoms with Crippen molar-refractivity contribution in [2.75, 3.05) is 26.2 Å². The monoisotopic (exact) mass is 421 g/mol. The van der Waals surface area contributed by atoms with Crippen LogP contribution in [0.1, 0.15) is 62.9 Å². The summed E-state index contributed by atoms with van der Waals surface area (Å²) in [4.78, 5) is 30.5. The van der Waals surface area contributed by atoms with Crippen LogP contribution in [0.3, 0.4) is 0 Å². The number of nitrogens with zero attached hydrogens (tertiary/aromatic N) is 3. The molecular weight excluding hydrogens is 386 g/mol. The molecule has 1 aromatic carbocycles. The number of benzene rings is 1. The SMILES string of the molecule is CCCC(=O)n1cc2c3c(cccc31)C1=CC(C(=O)N(CC)CC)CN(CCC)C1C2. The summed E-state index contributed by atoms with van der Waals surface area (Å²) in [5, 5.41) is 1.20. The first-order valence-electron chi connectivity index (χ1n) is 11.9. The van der Waals surface area contributed by atoms with Gasteiger partial charge in [0, 0.05) is 43.7 Å². The van der Waals surface area contributed by atoms with Crippen LogP contribution in [-0.2, 0) is 11.2 Å². The second-order valence-electron chi connectivity index (χ2n) is 8.82. The molecule has 0 spiro atoms. The van der Waals surface area contributed by atoms with Gasteiger partial charge in [0.15, 0.2) is 0 Å².